The Kier molecular flexibility index (Phi) is 7.39. The summed E-state index contributed by atoms with van der Waals surface area (Å²) in [6.07, 6.45) is 5.11. The Morgan fingerprint density at radius 1 is 1.19 bits per heavy atom. The van der Waals surface area contributed by atoms with E-state index in [0.717, 1.165) is 51.9 Å². The Morgan fingerprint density at radius 2 is 1.93 bits per heavy atom. The van der Waals surface area contributed by atoms with Gasteiger partial charge in [0.2, 0.25) is 0 Å². The van der Waals surface area contributed by atoms with Crippen LogP contribution in [0.4, 0.5) is 0 Å². The zero-order valence-corrected chi connectivity index (χ0v) is 18.7. The van der Waals surface area contributed by atoms with Gasteiger partial charge >= 0.3 is 0 Å². The lowest BCUT2D eigenvalue weighted by Crippen LogP contribution is -2.50. The first-order valence-corrected chi connectivity index (χ1v) is 10.1. The van der Waals surface area contributed by atoms with Gasteiger partial charge in [-0.3, -0.25) is 9.89 Å². The first-order chi connectivity index (χ1) is 12.8. The maximum atomic E-state index is 5.50. The quantitative estimate of drug-likeness (QED) is 0.406. The van der Waals surface area contributed by atoms with Crippen molar-refractivity contribution in [2.75, 3.05) is 53.0 Å². The Morgan fingerprint density at radius 3 is 2.56 bits per heavy atom. The molecule has 1 aromatic carbocycles. The third-order valence-electron chi connectivity index (χ3n) is 6.52. The van der Waals surface area contributed by atoms with Gasteiger partial charge in [-0.2, -0.15) is 0 Å². The molecule has 2 saturated heterocycles. The number of halogens is 1. The summed E-state index contributed by atoms with van der Waals surface area (Å²) in [6, 6.07) is 11.7. The smallest absolute Gasteiger partial charge is 0.193 e. The van der Waals surface area contributed by atoms with Crippen LogP contribution in [-0.4, -0.2) is 74.8 Å². The molecule has 3 aliphatic rings. The summed E-state index contributed by atoms with van der Waals surface area (Å²) < 4.78 is 5.50. The maximum Gasteiger partial charge on any atom is 0.193 e. The third-order valence-corrected chi connectivity index (χ3v) is 6.52. The van der Waals surface area contributed by atoms with Gasteiger partial charge in [0.05, 0.1) is 13.2 Å². The second-order valence-electron chi connectivity index (χ2n) is 7.94. The van der Waals surface area contributed by atoms with Gasteiger partial charge in [-0.1, -0.05) is 36.8 Å². The molecule has 1 saturated carbocycles. The molecular weight excluding hydrogens is 451 g/mol. The minimum Gasteiger partial charge on any atom is -0.379 e. The van der Waals surface area contributed by atoms with E-state index in [2.05, 4.69) is 50.4 Å². The summed E-state index contributed by atoms with van der Waals surface area (Å²) >= 11 is 0. The monoisotopic (exact) mass is 484 g/mol. The highest BCUT2D eigenvalue weighted by Crippen LogP contribution is 2.43. The number of benzene rings is 1. The molecule has 0 radical (unpaired) electrons. The van der Waals surface area contributed by atoms with Gasteiger partial charge in [0.15, 0.2) is 5.96 Å². The number of rotatable bonds is 4. The molecule has 5 nitrogen and oxygen atoms in total. The van der Waals surface area contributed by atoms with Crippen LogP contribution in [0.1, 0.15) is 31.2 Å². The summed E-state index contributed by atoms with van der Waals surface area (Å²) in [4.78, 5) is 9.63. The van der Waals surface area contributed by atoms with Crippen LogP contribution in [0.5, 0.6) is 0 Å². The zero-order chi connectivity index (χ0) is 17.8. The van der Waals surface area contributed by atoms with Gasteiger partial charge < -0.3 is 15.0 Å². The highest BCUT2D eigenvalue weighted by molar-refractivity contribution is 14.0. The van der Waals surface area contributed by atoms with E-state index in [1.54, 1.807) is 0 Å². The van der Waals surface area contributed by atoms with Gasteiger partial charge in [0.1, 0.15) is 0 Å². The fourth-order valence-electron chi connectivity index (χ4n) is 4.72. The van der Waals surface area contributed by atoms with Crippen LogP contribution >= 0.6 is 24.0 Å². The van der Waals surface area contributed by atoms with Gasteiger partial charge in [0.25, 0.3) is 0 Å². The van der Waals surface area contributed by atoms with E-state index >= 15 is 0 Å². The van der Waals surface area contributed by atoms with E-state index < -0.39 is 0 Å². The van der Waals surface area contributed by atoms with Crippen molar-refractivity contribution < 1.29 is 4.74 Å². The van der Waals surface area contributed by atoms with Crippen molar-refractivity contribution >= 4 is 29.9 Å². The molecule has 1 N–H and O–H groups in total. The molecular formula is C21H33IN4O. The molecule has 27 heavy (non-hydrogen) atoms. The lowest BCUT2D eigenvalue weighted by Gasteiger charge is -2.43. The molecule has 2 heterocycles. The van der Waals surface area contributed by atoms with Crippen LogP contribution in [0.15, 0.2) is 35.3 Å². The van der Waals surface area contributed by atoms with Crippen LogP contribution in [0.2, 0.25) is 0 Å². The highest BCUT2D eigenvalue weighted by atomic mass is 127. The number of aliphatic imine (C=N–C) groups is 1. The number of nitrogens with zero attached hydrogens (tertiary/aromatic N) is 3. The van der Waals surface area contributed by atoms with E-state index in [9.17, 15) is 0 Å². The molecule has 0 aromatic heterocycles. The number of hydrogen-bond donors (Lipinski definition) is 1. The summed E-state index contributed by atoms with van der Waals surface area (Å²) in [7, 11) is 1.92. The number of morpholine rings is 1. The van der Waals surface area contributed by atoms with E-state index in [0.29, 0.717) is 11.5 Å². The Balaban J connectivity index is 0.00000210. The second-order valence-corrected chi connectivity index (χ2v) is 7.94. The molecule has 4 rings (SSSR count). The fourth-order valence-corrected chi connectivity index (χ4v) is 4.72. The number of ether oxygens (including phenoxy) is 1. The summed E-state index contributed by atoms with van der Waals surface area (Å²) in [6.45, 7) is 7.07. The SMILES string of the molecule is CN=C(NCC1(c2ccccc2)CCC1)N1CCC(N2CCOCC2)C1.I. The number of guanidine groups is 1. The van der Waals surface area contributed by atoms with Crippen molar-refractivity contribution in [3.8, 4) is 0 Å². The lowest BCUT2D eigenvalue weighted by atomic mass is 9.64. The molecule has 1 aromatic rings. The molecule has 0 bridgehead atoms. The molecule has 150 valence electrons. The van der Waals surface area contributed by atoms with Crippen molar-refractivity contribution in [2.45, 2.75) is 37.1 Å². The van der Waals surface area contributed by atoms with E-state index in [1.807, 2.05) is 7.05 Å². The van der Waals surface area contributed by atoms with E-state index in [-0.39, 0.29) is 24.0 Å². The van der Waals surface area contributed by atoms with E-state index in [1.165, 1.54) is 31.2 Å². The van der Waals surface area contributed by atoms with Crippen LogP contribution in [0.3, 0.4) is 0 Å². The van der Waals surface area contributed by atoms with Crippen molar-refractivity contribution in [1.82, 2.24) is 15.1 Å². The standard InChI is InChI=1S/C21H32N4O.HI/c1-22-20(25-11-8-19(16-25)24-12-14-26-15-13-24)23-17-21(9-5-10-21)18-6-3-2-4-7-18;/h2-4,6-7,19H,5,8-17H2,1H3,(H,22,23);1H. The zero-order valence-electron chi connectivity index (χ0n) is 16.4. The normalized spacial score (nSPS) is 25.6. The number of nitrogens with one attached hydrogen (secondary N) is 1. The molecule has 0 spiro atoms. The average molecular weight is 484 g/mol. The minimum absolute atomic E-state index is 0. The van der Waals surface area contributed by atoms with Crippen molar-refractivity contribution in [3.63, 3.8) is 0 Å². The summed E-state index contributed by atoms with van der Waals surface area (Å²) in [5, 5.41) is 3.71. The Labute approximate surface area is 180 Å². The Bertz CT molecular complexity index is 614. The molecule has 1 unspecified atom stereocenters. The predicted molar refractivity (Wildman–Crippen MR) is 121 cm³/mol. The molecule has 3 fully saturated rings. The van der Waals surface area contributed by atoms with Gasteiger partial charge in [-0.15, -0.1) is 24.0 Å². The lowest BCUT2D eigenvalue weighted by molar-refractivity contribution is 0.0194. The first-order valence-electron chi connectivity index (χ1n) is 10.1. The van der Waals surface area contributed by atoms with Crippen LogP contribution < -0.4 is 5.32 Å². The minimum atomic E-state index is 0. The van der Waals surface area contributed by atoms with Gasteiger partial charge in [-0.05, 0) is 24.8 Å². The maximum absolute atomic E-state index is 5.50. The largest absolute Gasteiger partial charge is 0.379 e. The molecule has 0 amide bonds. The molecule has 6 heteroatoms. The summed E-state index contributed by atoms with van der Waals surface area (Å²) in [5.74, 6) is 1.07. The Hall–Kier alpha value is -0.860. The molecule has 2 aliphatic heterocycles. The predicted octanol–water partition coefficient (Wildman–Crippen LogP) is 2.71. The van der Waals surface area contributed by atoms with Gasteiger partial charge in [0, 0.05) is 51.2 Å². The fraction of sp³-hybridized carbons (Fsp3) is 0.667. The van der Waals surface area contributed by atoms with Crippen LogP contribution in [-0.2, 0) is 10.2 Å². The molecule has 1 atom stereocenters. The van der Waals surface area contributed by atoms with Gasteiger partial charge in [-0.25, -0.2) is 0 Å². The van der Waals surface area contributed by atoms with Crippen molar-refractivity contribution in [3.05, 3.63) is 35.9 Å². The number of hydrogen-bond acceptors (Lipinski definition) is 3. The van der Waals surface area contributed by atoms with Crippen molar-refractivity contribution in [1.29, 1.82) is 0 Å². The second kappa shape index (κ2) is 9.56. The topological polar surface area (TPSA) is 40.1 Å². The first kappa shape index (κ1) is 20.9. The van der Waals surface area contributed by atoms with Crippen LogP contribution in [0, 0.1) is 0 Å². The van der Waals surface area contributed by atoms with Crippen LogP contribution in [0.25, 0.3) is 0 Å². The highest BCUT2D eigenvalue weighted by Gasteiger charge is 2.39. The number of likely N-dealkylation sites (tertiary alicyclic amines) is 1. The third kappa shape index (κ3) is 4.59. The summed E-state index contributed by atoms with van der Waals surface area (Å²) in [5.41, 5.74) is 1.77. The van der Waals surface area contributed by atoms with E-state index in [4.69, 9.17) is 4.74 Å². The average Bonchev–Trinajstić information content (AvgIpc) is 3.15. The van der Waals surface area contributed by atoms with Crippen molar-refractivity contribution in [2.24, 2.45) is 4.99 Å². The molecule has 1 aliphatic carbocycles.